The molecule has 1 aliphatic heterocycles. The fourth-order valence-electron chi connectivity index (χ4n) is 3.77. The van der Waals surface area contributed by atoms with Gasteiger partial charge in [-0.1, -0.05) is 19.3 Å². The lowest BCUT2D eigenvalue weighted by Gasteiger charge is -2.30. The number of nitrogens with two attached hydrogens (primary N) is 1. The summed E-state index contributed by atoms with van der Waals surface area (Å²) >= 11 is 0. The number of likely N-dealkylation sites (tertiary alicyclic amines) is 1. The normalized spacial score (nSPS) is 22.3. The number of aryl methyl sites for hydroxylation is 1. The molecule has 2 amide bonds. The van der Waals surface area contributed by atoms with Gasteiger partial charge in [-0.15, -0.1) is 0 Å². The molecular weight excluding hydrogens is 292 g/mol. The second-order valence-electron chi connectivity index (χ2n) is 6.62. The van der Waals surface area contributed by atoms with Crippen LogP contribution in [-0.2, 0) is 4.79 Å². The Bertz CT molecular complexity index is 611. The second kappa shape index (κ2) is 6.64. The van der Waals surface area contributed by atoms with E-state index in [2.05, 4.69) is 9.97 Å². The van der Waals surface area contributed by atoms with Gasteiger partial charge in [0.1, 0.15) is 0 Å². The fourth-order valence-corrected chi connectivity index (χ4v) is 3.77. The van der Waals surface area contributed by atoms with Gasteiger partial charge < -0.3 is 10.6 Å². The summed E-state index contributed by atoms with van der Waals surface area (Å²) in [5.41, 5.74) is 6.23. The zero-order valence-electron chi connectivity index (χ0n) is 13.6. The number of aromatic nitrogens is 2. The van der Waals surface area contributed by atoms with Crippen LogP contribution in [0.1, 0.15) is 72.9 Å². The van der Waals surface area contributed by atoms with Crippen molar-refractivity contribution in [3.05, 3.63) is 23.3 Å². The SMILES string of the molecule is Cc1nc(C2CCCN2C(=O)C2CCCCC2)ncc1C(N)=O. The summed E-state index contributed by atoms with van der Waals surface area (Å²) in [6.45, 7) is 2.54. The molecule has 6 nitrogen and oxygen atoms in total. The van der Waals surface area contributed by atoms with Crippen LogP contribution in [0.3, 0.4) is 0 Å². The number of carbonyl (C=O) groups excluding carboxylic acids is 2. The largest absolute Gasteiger partial charge is 0.365 e. The number of hydrogen-bond acceptors (Lipinski definition) is 4. The van der Waals surface area contributed by atoms with Crippen LogP contribution in [0, 0.1) is 12.8 Å². The third-order valence-electron chi connectivity index (χ3n) is 5.05. The van der Waals surface area contributed by atoms with E-state index < -0.39 is 5.91 Å². The minimum Gasteiger partial charge on any atom is -0.365 e. The number of nitrogens with zero attached hydrogens (tertiary/aromatic N) is 3. The highest BCUT2D eigenvalue weighted by molar-refractivity contribution is 5.93. The Kier molecular flexibility index (Phi) is 4.59. The molecule has 1 aromatic heterocycles. The minimum atomic E-state index is -0.518. The first-order valence-corrected chi connectivity index (χ1v) is 8.51. The maximum absolute atomic E-state index is 12.8. The zero-order valence-corrected chi connectivity index (χ0v) is 13.6. The average molecular weight is 316 g/mol. The summed E-state index contributed by atoms with van der Waals surface area (Å²) in [4.78, 5) is 34.9. The van der Waals surface area contributed by atoms with Crippen molar-refractivity contribution in [2.75, 3.05) is 6.54 Å². The minimum absolute atomic E-state index is 0.0648. The van der Waals surface area contributed by atoms with Crippen LogP contribution in [0.2, 0.25) is 0 Å². The van der Waals surface area contributed by atoms with E-state index in [0.717, 1.165) is 45.1 Å². The Morgan fingerprint density at radius 1 is 1.17 bits per heavy atom. The summed E-state index contributed by atoms with van der Waals surface area (Å²) in [6, 6.07) is -0.0648. The van der Waals surface area contributed by atoms with Gasteiger partial charge in [0.05, 0.1) is 17.3 Å². The van der Waals surface area contributed by atoms with Gasteiger partial charge in [-0.2, -0.15) is 0 Å². The topological polar surface area (TPSA) is 89.2 Å². The molecule has 1 aromatic rings. The van der Waals surface area contributed by atoms with E-state index in [1.165, 1.54) is 12.6 Å². The van der Waals surface area contributed by atoms with Gasteiger partial charge in [0.2, 0.25) is 5.91 Å². The quantitative estimate of drug-likeness (QED) is 0.925. The molecule has 124 valence electrons. The van der Waals surface area contributed by atoms with Gasteiger partial charge >= 0.3 is 0 Å². The van der Waals surface area contributed by atoms with Crippen molar-refractivity contribution in [1.82, 2.24) is 14.9 Å². The Labute approximate surface area is 136 Å². The molecule has 1 saturated carbocycles. The highest BCUT2D eigenvalue weighted by Crippen LogP contribution is 2.34. The second-order valence-corrected chi connectivity index (χ2v) is 6.62. The van der Waals surface area contributed by atoms with Crippen LogP contribution < -0.4 is 5.73 Å². The van der Waals surface area contributed by atoms with E-state index in [-0.39, 0.29) is 17.9 Å². The standard InChI is InChI=1S/C17H24N4O2/c1-11-13(15(18)22)10-19-16(20-11)14-8-5-9-21(14)17(23)12-6-3-2-4-7-12/h10,12,14H,2-9H2,1H3,(H2,18,22). The van der Waals surface area contributed by atoms with Crippen molar-refractivity contribution in [1.29, 1.82) is 0 Å². The van der Waals surface area contributed by atoms with Crippen LogP contribution in [0.5, 0.6) is 0 Å². The number of primary amides is 1. The van der Waals surface area contributed by atoms with Crippen molar-refractivity contribution >= 4 is 11.8 Å². The number of hydrogen-bond donors (Lipinski definition) is 1. The first-order valence-electron chi connectivity index (χ1n) is 8.51. The average Bonchev–Trinajstić information content (AvgIpc) is 3.04. The molecule has 2 aliphatic rings. The highest BCUT2D eigenvalue weighted by Gasteiger charge is 2.35. The van der Waals surface area contributed by atoms with E-state index in [9.17, 15) is 9.59 Å². The van der Waals surface area contributed by atoms with Crippen LogP contribution in [-0.4, -0.2) is 33.2 Å². The summed E-state index contributed by atoms with van der Waals surface area (Å²) in [6.07, 6.45) is 8.89. The van der Waals surface area contributed by atoms with Gasteiger partial charge in [0.15, 0.2) is 5.82 Å². The van der Waals surface area contributed by atoms with Crippen molar-refractivity contribution < 1.29 is 9.59 Å². The molecule has 2 N–H and O–H groups in total. The molecule has 0 spiro atoms. The van der Waals surface area contributed by atoms with E-state index in [4.69, 9.17) is 5.73 Å². The third-order valence-corrected chi connectivity index (χ3v) is 5.05. The number of carbonyl (C=O) groups is 2. The molecule has 6 heteroatoms. The maximum atomic E-state index is 12.8. The molecule has 1 atom stereocenters. The van der Waals surface area contributed by atoms with E-state index in [1.807, 2.05) is 4.90 Å². The van der Waals surface area contributed by atoms with E-state index in [0.29, 0.717) is 17.1 Å². The molecule has 0 bridgehead atoms. The molecule has 1 unspecified atom stereocenters. The van der Waals surface area contributed by atoms with Crippen molar-refractivity contribution in [3.8, 4) is 0 Å². The molecule has 23 heavy (non-hydrogen) atoms. The van der Waals surface area contributed by atoms with E-state index in [1.54, 1.807) is 6.92 Å². The molecule has 3 rings (SSSR count). The summed E-state index contributed by atoms with van der Waals surface area (Å²) in [5.74, 6) is 0.535. The first kappa shape index (κ1) is 15.9. The predicted octanol–water partition coefficient (Wildman–Crippen LogP) is 2.13. The first-order chi connectivity index (χ1) is 11.1. The summed E-state index contributed by atoms with van der Waals surface area (Å²) in [7, 11) is 0. The molecule has 2 fully saturated rings. The Morgan fingerprint density at radius 2 is 1.91 bits per heavy atom. The Morgan fingerprint density at radius 3 is 2.57 bits per heavy atom. The monoisotopic (exact) mass is 316 g/mol. The summed E-state index contributed by atoms with van der Waals surface area (Å²) in [5, 5.41) is 0. The van der Waals surface area contributed by atoms with Crippen LogP contribution in [0.15, 0.2) is 6.20 Å². The summed E-state index contributed by atoms with van der Waals surface area (Å²) < 4.78 is 0. The van der Waals surface area contributed by atoms with Gasteiger partial charge in [-0.05, 0) is 32.6 Å². The molecule has 0 aromatic carbocycles. The molecule has 1 saturated heterocycles. The maximum Gasteiger partial charge on any atom is 0.252 e. The number of rotatable bonds is 3. The van der Waals surface area contributed by atoms with Crippen molar-refractivity contribution in [2.45, 2.75) is 57.9 Å². The fraction of sp³-hybridized carbons (Fsp3) is 0.647. The molecular formula is C17H24N4O2. The smallest absolute Gasteiger partial charge is 0.252 e. The van der Waals surface area contributed by atoms with Gasteiger partial charge in [0.25, 0.3) is 5.91 Å². The van der Waals surface area contributed by atoms with E-state index >= 15 is 0 Å². The van der Waals surface area contributed by atoms with Crippen LogP contribution >= 0.6 is 0 Å². The lowest BCUT2D eigenvalue weighted by atomic mass is 9.88. The molecule has 0 radical (unpaired) electrons. The van der Waals surface area contributed by atoms with Crippen LogP contribution in [0.4, 0.5) is 0 Å². The third kappa shape index (κ3) is 3.21. The van der Waals surface area contributed by atoms with Crippen molar-refractivity contribution in [2.24, 2.45) is 11.7 Å². The number of amides is 2. The predicted molar refractivity (Wildman–Crippen MR) is 85.5 cm³/mol. The van der Waals surface area contributed by atoms with Crippen LogP contribution in [0.25, 0.3) is 0 Å². The zero-order chi connectivity index (χ0) is 16.4. The van der Waals surface area contributed by atoms with Crippen molar-refractivity contribution in [3.63, 3.8) is 0 Å². The highest BCUT2D eigenvalue weighted by atomic mass is 16.2. The Balaban J connectivity index is 1.79. The van der Waals surface area contributed by atoms with Gasteiger partial charge in [-0.25, -0.2) is 9.97 Å². The molecule has 2 heterocycles. The van der Waals surface area contributed by atoms with Gasteiger partial charge in [-0.3, -0.25) is 9.59 Å². The Hall–Kier alpha value is -1.98. The molecule has 1 aliphatic carbocycles. The lowest BCUT2D eigenvalue weighted by molar-refractivity contribution is -0.137. The van der Waals surface area contributed by atoms with Gasteiger partial charge in [0, 0.05) is 18.7 Å². The lowest BCUT2D eigenvalue weighted by Crippen LogP contribution is -2.37.